The molecule has 0 spiro atoms. The average Bonchev–Trinajstić information content (AvgIpc) is 2.45. The second-order valence-corrected chi connectivity index (χ2v) is 6.03. The van der Waals surface area contributed by atoms with Crippen molar-refractivity contribution >= 4 is 7.82 Å². The van der Waals surface area contributed by atoms with Gasteiger partial charge in [-0.05, 0) is 6.92 Å². The van der Waals surface area contributed by atoms with Crippen LogP contribution in [0.25, 0.3) is 0 Å². The van der Waals surface area contributed by atoms with E-state index in [0.717, 1.165) is 0 Å². The van der Waals surface area contributed by atoms with E-state index in [1.807, 2.05) is 0 Å². The number of ether oxygens (including phenoxy) is 4. The van der Waals surface area contributed by atoms with Gasteiger partial charge in [-0.1, -0.05) is 0 Å². The van der Waals surface area contributed by atoms with Crippen LogP contribution in [-0.4, -0.2) is 65.2 Å². The lowest BCUT2D eigenvalue weighted by molar-refractivity contribution is -0.307. The molecule has 6 atom stereocenters. The minimum atomic E-state index is -3.57. The maximum atomic E-state index is 12.2. The summed E-state index contributed by atoms with van der Waals surface area (Å²) in [7, 11) is 0.984. The zero-order chi connectivity index (χ0) is 14.8. The standard InChI is InChI=1S/C11H21O8P/c1-5-16-20(12)17-6-7-8(19-20)9(13-2)10(14-3)11(15-4)18-7/h7-11H,5-6H2,1-4H3/t7-,8+,9+,10-,11+,20+/m1/s1. The van der Waals surface area contributed by atoms with Gasteiger partial charge in [0.2, 0.25) is 0 Å². The Kier molecular flexibility index (Phi) is 5.56. The minimum absolute atomic E-state index is 0.0814. The molecule has 0 radical (unpaired) electrons. The molecule has 20 heavy (non-hydrogen) atoms. The van der Waals surface area contributed by atoms with Crippen molar-refractivity contribution in [2.45, 2.75) is 37.6 Å². The second-order valence-electron chi connectivity index (χ2n) is 4.41. The maximum Gasteiger partial charge on any atom is 0.475 e. The highest BCUT2D eigenvalue weighted by Gasteiger charge is 2.54. The van der Waals surface area contributed by atoms with Crippen LogP contribution in [0.5, 0.6) is 0 Å². The van der Waals surface area contributed by atoms with Gasteiger partial charge in [0.1, 0.15) is 24.4 Å². The van der Waals surface area contributed by atoms with Crippen molar-refractivity contribution < 1.29 is 37.1 Å². The lowest BCUT2D eigenvalue weighted by Crippen LogP contribution is -2.62. The number of hydrogen-bond donors (Lipinski definition) is 0. The summed E-state index contributed by atoms with van der Waals surface area (Å²) in [6.45, 7) is 2.02. The van der Waals surface area contributed by atoms with Gasteiger partial charge in [0, 0.05) is 21.3 Å². The smallest absolute Gasteiger partial charge is 0.376 e. The molecule has 0 aromatic heterocycles. The second kappa shape index (κ2) is 6.81. The van der Waals surface area contributed by atoms with Crippen molar-refractivity contribution in [3.05, 3.63) is 0 Å². The van der Waals surface area contributed by atoms with Gasteiger partial charge >= 0.3 is 7.82 Å². The molecule has 118 valence electrons. The van der Waals surface area contributed by atoms with Gasteiger partial charge in [0.05, 0.1) is 13.2 Å². The molecular formula is C11H21O8P. The molecule has 9 heteroatoms. The van der Waals surface area contributed by atoms with E-state index in [1.165, 1.54) is 21.3 Å². The van der Waals surface area contributed by atoms with E-state index >= 15 is 0 Å². The maximum absolute atomic E-state index is 12.2. The van der Waals surface area contributed by atoms with Crippen LogP contribution in [0.3, 0.4) is 0 Å². The normalized spacial score (nSPS) is 45.1. The highest BCUT2D eigenvalue weighted by atomic mass is 31.2. The summed E-state index contributed by atoms with van der Waals surface area (Å²) in [4.78, 5) is 0. The fourth-order valence-electron chi connectivity index (χ4n) is 2.42. The van der Waals surface area contributed by atoms with E-state index in [1.54, 1.807) is 6.92 Å². The molecule has 0 aliphatic carbocycles. The summed E-state index contributed by atoms with van der Waals surface area (Å²) in [6, 6.07) is 0. The summed E-state index contributed by atoms with van der Waals surface area (Å²) in [5.74, 6) is 0. The van der Waals surface area contributed by atoms with E-state index in [9.17, 15) is 4.57 Å². The van der Waals surface area contributed by atoms with Crippen LogP contribution in [0.15, 0.2) is 0 Å². The third-order valence-electron chi connectivity index (χ3n) is 3.30. The van der Waals surface area contributed by atoms with Gasteiger partial charge in [-0.25, -0.2) is 4.57 Å². The fourth-order valence-corrected chi connectivity index (χ4v) is 3.81. The highest BCUT2D eigenvalue weighted by molar-refractivity contribution is 7.48. The van der Waals surface area contributed by atoms with Gasteiger partial charge in [-0.3, -0.25) is 13.6 Å². The molecule has 0 aromatic rings. The van der Waals surface area contributed by atoms with Crippen LogP contribution in [-0.2, 0) is 37.1 Å². The van der Waals surface area contributed by atoms with Crippen LogP contribution in [0.1, 0.15) is 6.92 Å². The molecule has 0 unspecified atom stereocenters. The summed E-state index contributed by atoms with van der Waals surface area (Å²) in [6.07, 6.45) is -2.68. The predicted molar refractivity (Wildman–Crippen MR) is 67.3 cm³/mol. The van der Waals surface area contributed by atoms with Crippen LogP contribution >= 0.6 is 7.82 Å². The zero-order valence-electron chi connectivity index (χ0n) is 12.0. The Bertz CT molecular complexity index is 364. The first kappa shape index (κ1) is 16.3. The quantitative estimate of drug-likeness (QED) is 0.694. The third kappa shape index (κ3) is 3.08. The number of phosphoric acid groups is 1. The summed E-state index contributed by atoms with van der Waals surface area (Å²) in [5.41, 5.74) is 0. The zero-order valence-corrected chi connectivity index (χ0v) is 12.9. The van der Waals surface area contributed by atoms with Crippen molar-refractivity contribution in [2.75, 3.05) is 34.5 Å². The number of fused-ring (bicyclic) bond motifs is 1. The Hall–Kier alpha value is -0.0500. The summed E-state index contributed by atoms with van der Waals surface area (Å²) >= 11 is 0. The van der Waals surface area contributed by atoms with Crippen molar-refractivity contribution in [3.8, 4) is 0 Å². The first-order valence-electron chi connectivity index (χ1n) is 6.40. The Morgan fingerprint density at radius 2 is 1.85 bits per heavy atom. The minimum Gasteiger partial charge on any atom is -0.376 e. The van der Waals surface area contributed by atoms with Gasteiger partial charge < -0.3 is 18.9 Å². The van der Waals surface area contributed by atoms with Crippen molar-refractivity contribution in [3.63, 3.8) is 0 Å². The first-order valence-corrected chi connectivity index (χ1v) is 7.86. The van der Waals surface area contributed by atoms with E-state index in [-0.39, 0.29) is 13.2 Å². The fraction of sp³-hybridized carbons (Fsp3) is 1.00. The van der Waals surface area contributed by atoms with Gasteiger partial charge in [0.15, 0.2) is 6.29 Å². The molecule has 2 fully saturated rings. The Morgan fingerprint density at radius 1 is 1.15 bits per heavy atom. The molecule has 0 bridgehead atoms. The third-order valence-corrected chi connectivity index (χ3v) is 4.84. The van der Waals surface area contributed by atoms with Crippen LogP contribution in [0.2, 0.25) is 0 Å². The van der Waals surface area contributed by atoms with Gasteiger partial charge in [0.25, 0.3) is 0 Å². The number of phosphoric ester groups is 1. The lowest BCUT2D eigenvalue weighted by atomic mass is 9.99. The number of rotatable bonds is 5. The molecule has 2 rings (SSSR count). The Labute approximate surface area is 118 Å². The molecule has 0 aromatic carbocycles. The molecule has 2 aliphatic rings. The lowest BCUT2D eigenvalue weighted by Gasteiger charge is -2.47. The summed E-state index contributed by atoms with van der Waals surface area (Å²) < 4.78 is 49.6. The van der Waals surface area contributed by atoms with Crippen LogP contribution < -0.4 is 0 Å². The first-order chi connectivity index (χ1) is 9.58. The SMILES string of the molecule is CCO[P@@]1(=O)OC[C@H]2O[C@H](OC)[C@H](OC)[C@@H](OC)[C@H]2O1. The molecule has 2 saturated heterocycles. The van der Waals surface area contributed by atoms with Gasteiger partial charge in [-0.2, -0.15) is 0 Å². The summed E-state index contributed by atoms with van der Waals surface area (Å²) in [5, 5.41) is 0. The average molecular weight is 312 g/mol. The molecule has 0 amide bonds. The number of methoxy groups -OCH3 is 3. The van der Waals surface area contributed by atoms with Crippen LogP contribution in [0.4, 0.5) is 0 Å². The highest BCUT2D eigenvalue weighted by Crippen LogP contribution is 2.55. The Balaban J connectivity index is 2.18. The molecule has 0 N–H and O–H groups in total. The van der Waals surface area contributed by atoms with E-state index in [4.69, 9.17) is 32.5 Å². The van der Waals surface area contributed by atoms with Crippen LogP contribution in [0, 0.1) is 0 Å². The topological polar surface area (TPSA) is 81.7 Å². The van der Waals surface area contributed by atoms with E-state index < -0.39 is 38.5 Å². The monoisotopic (exact) mass is 312 g/mol. The van der Waals surface area contributed by atoms with Crippen molar-refractivity contribution in [2.24, 2.45) is 0 Å². The van der Waals surface area contributed by atoms with Crippen molar-refractivity contribution in [1.29, 1.82) is 0 Å². The largest absolute Gasteiger partial charge is 0.475 e. The van der Waals surface area contributed by atoms with Crippen molar-refractivity contribution in [1.82, 2.24) is 0 Å². The molecular weight excluding hydrogens is 291 g/mol. The molecule has 0 saturated carbocycles. The van der Waals surface area contributed by atoms with Gasteiger partial charge in [-0.15, -0.1) is 0 Å². The number of hydrogen-bond acceptors (Lipinski definition) is 8. The Morgan fingerprint density at radius 3 is 2.40 bits per heavy atom. The predicted octanol–water partition coefficient (Wildman–Crippen LogP) is 0.948. The molecule has 8 nitrogen and oxygen atoms in total. The molecule has 2 aliphatic heterocycles. The molecule has 2 heterocycles. The van der Waals surface area contributed by atoms with E-state index in [2.05, 4.69) is 0 Å². The van der Waals surface area contributed by atoms with E-state index in [0.29, 0.717) is 0 Å².